The molecule has 1 saturated heterocycles. The molecule has 4 rings (SSSR count). The first-order chi connectivity index (χ1) is 14.9. The molecule has 0 radical (unpaired) electrons. The highest BCUT2D eigenvalue weighted by atomic mass is 32.2. The van der Waals surface area contributed by atoms with Crippen LogP contribution in [0.2, 0.25) is 0 Å². The number of carbonyl (C=O) groups is 1. The SMILES string of the molecule is O=C(Cc1c[nH]c2ccccc12)N1CCN(CCCS(=O)(=O)c2ccc(F)cc2)CC1. The topological polar surface area (TPSA) is 73.5 Å². The van der Waals surface area contributed by atoms with Gasteiger partial charge in [-0.3, -0.25) is 9.69 Å². The number of rotatable bonds is 7. The van der Waals surface area contributed by atoms with Crippen LogP contribution in [0.4, 0.5) is 4.39 Å². The van der Waals surface area contributed by atoms with Crippen molar-refractivity contribution in [3.05, 3.63) is 66.1 Å². The van der Waals surface area contributed by atoms with Gasteiger partial charge in [-0.2, -0.15) is 0 Å². The maximum atomic E-state index is 13.0. The number of hydrogen-bond acceptors (Lipinski definition) is 4. The molecule has 1 amide bonds. The molecule has 0 bridgehead atoms. The smallest absolute Gasteiger partial charge is 0.227 e. The highest BCUT2D eigenvalue weighted by molar-refractivity contribution is 7.91. The van der Waals surface area contributed by atoms with E-state index in [2.05, 4.69) is 9.88 Å². The summed E-state index contributed by atoms with van der Waals surface area (Å²) in [4.78, 5) is 20.2. The Kier molecular flexibility index (Phi) is 6.38. The Morgan fingerprint density at radius 1 is 1.00 bits per heavy atom. The van der Waals surface area contributed by atoms with E-state index in [0.717, 1.165) is 29.6 Å². The minimum absolute atomic E-state index is 0.0261. The van der Waals surface area contributed by atoms with Crippen LogP contribution in [0.5, 0.6) is 0 Å². The summed E-state index contributed by atoms with van der Waals surface area (Å²) in [7, 11) is -3.41. The number of carbonyl (C=O) groups excluding carboxylic acids is 1. The molecule has 1 aliphatic rings. The van der Waals surface area contributed by atoms with Crippen LogP contribution in [0.1, 0.15) is 12.0 Å². The number of para-hydroxylation sites is 1. The Labute approximate surface area is 181 Å². The van der Waals surface area contributed by atoms with Gasteiger partial charge in [0.2, 0.25) is 5.91 Å². The maximum Gasteiger partial charge on any atom is 0.227 e. The highest BCUT2D eigenvalue weighted by Gasteiger charge is 2.22. The van der Waals surface area contributed by atoms with Gasteiger partial charge in [0.15, 0.2) is 9.84 Å². The van der Waals surface area contributed by atoms with Crippen molar-refractivity contribution in [3.8, 4) is 0 Å². The molecule has 164 valence electrons. The fourth-order valence-corrected chi connectivity index (χ4v) is 5.31. The largest absolute Gasteiger partial charge is 0.361 e. The lowest BCUT2D eigenvalue weighted by Crippen LogP contribution is -2.49. The molecule has 31 heavy (non-hydrogen) atoms. The molecule has 0 atom stereocenters. The van der Waals surface area contributed by atoms with Gasteiger partial charge in [0.1, 0.15) is 5.82 Å². The molecule has 2 aromatic carbocycles. The van der Waals surface area contributed by atoms with E-state index in [4.69, 9.17) is 0 Å². The third-order valence-corrected chi connectivity index (χ3v) is 7.62. The van der Waals surface area contributed by atoms with E-state index < -0.39 is 15.7 Å². The van der Waals surface area contributed by atoms with Crippen molar-refractivity contribution in [3.63, 3.8) is 0 Å². The number of benzene rings is 2. The molecule has 2 heterocycles. The van der Waals surface area contributed by atoms with E-state index in [1.807, 2.05) is 35.4 Å². The molecular weight excluding hydrogens is 417 g/mol. The predicted octanol–water partition coefficient (Wildman–Crippen LogP) is 2.86. The zero-order valence-electron chi connectivity index (χ0n) is 17.3. The number of hydrogen-bond donors (Lipinski definition) is 1. The molecule has 0 unspecified atom stereocenters. The molecule has 1 fully saturated rings. The molecule has 0 aliphatic carbocycles. The Balaban J connectivity index is 1.23. The summed E-state index contributed by atoms with van der Waals surface area (Å²) in [6, 6.07) is 12.9. The second-order valence-electron chi connectivity index (χ2n) is 7.89. The Morgan fingerprint density at radius 3 is 2.45 bits per heavy atom. The summed E-state index contributed by atoms with van der Waals surface area (Å²) in [5, 5.41) is 1.08. The number of H-pyrrole nitrogens is 1. The molecular formula is C23H26FN3O3S. The minimum Gasteiger partial charge on any atom is -0.361 e. The van der Waals surface area contributed by atoms with E-state index in [9.17, 15) is 17.6 Å². The van der Waals surface area contributed by atoms with Crippen LogP contribution in [-0.4, -0.2) is 67.6 Å². The van der Waals surface area contributed by atoms with Gasteiger partial charge in [0, 0.05) is 43.3 Å². The van der Waals surface area contributed by atoms with Gasteiger partial charge >= 0.3 is 0 Å². The van der Waals surface area contributed by atoms with Crippen molar-refractivity contribution in [2.75, 3.05) is 38.5 Å². The number of piperazine rings is 1. The average molecular weight is 444 g/mol. The Morgan fingerprint density at radius 2 is 1.71 bits per heavy atom. The number of aromatic amines is 1. The standard InChI is InChI=1S/C23H26FN3O3S/c24-19-6-8-20(9-7-19)31(29,30)15-3-10-26-11-13-27(14-12-26)23(28)16-18-17-25-22-5-2-1-4-21(18)22/h1-2,4-9,17,25H,3,10-16H2. The monoisotopic (exact) mass is 443 g/mol. The number of nitrogens with zero attached hydrogens (tertiary/aromatic N) is 2. The Hall–Kier alpha value is -2.71. The molecule has 6 nitrogen and oxygen atoms in total. The number of halogens is 1. The first-order valence-corrected chi connectivity index (χ1v) is 12.1. The zero-order valence-corrected chi connectivity index (χ0v) is 18.1. The number of amides is 1. The highest BCUT2D eigenvalue weighted by Crippen LogP contribution is 2.19. The van der Waals surface area contributed by atoms with E-state index >= 15 is 0 Å². The summed E-state index contributed by atoms with van der Waals surface area (Å²) in [6.45, 7) is 3.41. The lowest BCUT2D eigenvalue weighted by molar-refractivity contribution is -0.132. The van der Waals surface area contributed by atoms with Gasteiger partial charge in [-0.25, -0.2) is 12.8 Å². The lowest BCUT2D eigenvalue weighted by Gasteiger charge is -2.34. The third kappa shape index (κ3) is 5.14. The second-order valence-corrected chi connectivity index (χ2v) is 9.99. The molecule has 0 spiro atoms. The maximum absolute atomic E-state index is 13.0. The summed E-state index contributed by atoms with van der Waals surface area (Å²) >= 11 is 0. The first-order valence-electron chi connectivity index (χ1n) is 10.5. The third-order valence-electron chi connectivity index (χ3n) is 5.80. The van der Waals surface area contributed by atoms with Gasteiger partial charge in [-0.15, -0.1) is 0 Å². The lowest BCUT2D eigenvalue weighted by atomic mass is 10.1. The molecule has 8 heteroatoms. The fraction of sp³-hybridized carbons (Fsp3) is 0.348. The van der Waals surface area contributed by atoms with Crippen molar-refractivity contribution in [2.24, 2.45) is 0 Å². The molecule has 3 aromatic rings. The van der Waals surface area contributed by atoms with Crippen molar-refractivity contribution in [1.29, 1.82) is 0 Å². The van der Waals surface area contributed by atoms with Gasteiger partial charge in [0.25, 0.3) is 0 Å². The van der Waals surface area contributed by atoms with Crippen molar-refractivity contribution in [2.45, 2.75) is 17.7 Å². The number of fused-ring (bicyclic) bond motifs is 1. The van der Waals surface area contributed by atoms with Gasteiger partial charge in [-0.05, 0) is 48.9 Å². The second kappa shape index (κ2) is 9.20. The van der Waals surface area contributed by atoms with Crippen LogP contribution in [0.15, 0.2) is 59.6 Å². The van der Waals surface area contributed by atoms with Gasteiger partial charge in [0.05, 0.1) is 17.1 Å². The Bertz CT molecular complexity index is 1150. The number of nitrogens with one attached hydrogen (secondary N) is 1. The minimum atomic E-state index is -3.41. The van der Waals surface area contributed by atoms with E-state index in [-0.39, 0.29) is 16.6 Å². The van der Waals surface area contributed by atoms with Crippen LogP contribution >= 0.6 is 0 Å². The fourth-order valence-electron chi connectivity index (χ4n) is 4.01. The van der Waals surface area contributed by atoms with Crippen molar-refractivity contribution in [1.82, 2.24) is 14.8 Å². The quantitative estimate of drug-likeness (QED) is 0.570. The van der Waals surface area contributed by atoms with Crippen LogP contribution in [0, 0.1) is 5.82 Å². The predicted molar refractivity (Wildman–Crippen MR) is 118 cm³/mol. The van der Waals surface area contributed by atoms with Crippen LogP contribution in [-0.2, 0) is 21.1 Å². The van der Waals surface area contributed by atoms with E-state index in [1.165, 1.54) is 24.3 Å². The molecule has 1 aromatic heterocycles. The van der Waals surface area contributed by atoms with Crippen LogP contribution in [0.25, 0.3) is 10.9 Å². The number of aromatic nitrogens is 1. The summed E-state index contributed by atoms with van der Waals surface area (Å²) in [6.07, 6.45) is 2.78. The van der Waals surface area contributed by atoms with Crippen molar-refractivity contribution >= 4 is 26.6 Å². The summed E-state index contributed by atoms with van der Waals surface area (Å²) < 4.78 is 37.8. The van der Waals surface area contributed by atoms with Crippen molar-refractivity contribution < 1.29 is 17.6 Å². The van der Waals surface area contributed by atoms with E-state index in [0.29, 0.717) is 32.5 Å². The van der Waals surface area contributed by atoms with Crippen LogP contribution < -0.4 is 0 Å². The summed E-state index contributed by atoms with van der Waals surface area (Å²) in [5.74, 6) is -0.308. The first kappa shape index (κ1) is 21.5. The average Bonchev–Trinajstić information content (AvgIpc) is 3.17. The van der Waals surface area contributed by atoms with Gasteiger partial charge in [-0.1, -0.05) is 18.2 Å². The molecule has 0 saturated carbocycles. The molecule has 1 aliphatic heterocycles. The normalized spacial score (nSPS) is 15.5. The van der Waals surface area contributed by atoms with E-state index in [1.54, 1.807) is 0 Å². The number of sulfone groups is 1. The van der Waals surface area contributed by atoms with Crippen LogP contribution in [0.3, 0.4) is 0 Å². The zero-order chi connectivity index (χ0) is 21.8. The summed E-state index contributed by atoms with van der Waals surface area (Å²) in [5.41, 5.74) is 2.04. The van der Waals surface area contributed by atoms with Gasteiger partial charge < -0.3 is 9.88 Å². The molecule has 1 N–H and O–H groups in total.